The average molecular weight is 520 g/mol. The second-order valence-electron chi connectivity index (χ2n) is 8.28. The molecule has 1 atom stereocenters. The molecular formula is C28H29N3O7. The minimum Gasteiger partial charge on any atom is -0.508 e. The van der Waals surface area contributed by atoms with Crippen LogP contribution in [0.25, 0.3) is 0 Å². The molecule has 3 aromatic carbocycles. The third kappa shape index (κ3) is 10.0. The molecule has 0 aromatic heterocycles. The Kier molecular flexibility index (Phi) is 10.7. The molecule has 198 valence electrons. The van der Waals surface area contributed by atoms with E-state index in [1.165, 1.54) is 12.1 Å². The monoisotopic (exact) mass is 519 g/mol. The highest BCUT2D eigenvalue weighted by atomic mass is 16.5. The van der Waals surface area contributed by atoms with Crippen LogP contribution in [0.2, 0.25) is 0 Å². The normalized spacial score (nSPS) is 11.1. The molecule has 10 heteroatoms. The van der Waals surface area contributed by atoms with Crippen molar-refractivity contribution in [2.24, 2.45) is 0 Å². The fourth-order valence-electron chi connectivity index (χ4n) is 3.30. The van der Waals surface area contributed by atoms with Crippen LogP contribution in [0, 0.1) is 0 Å². The van der Waals surface area contributed by atoms with E-state index < -0.39 is 43.0 Å². The maximum absolute atomic E-state index is 12.8. The lowest BCUT2D eigenvalue weighted by Crippen LogP contribution is -2.48. The van der Waals surface area contributed by atoms with Crippen molar-refractivity contribution in [1.82, 2.24) is 16.0 Å². The summed E-state index contributed by atoms with van der Waals surface area (Å²) >= 11 is 0. The first-order valence-electron chi connectivity index (χ1n) is 11.9. The summed E-state index contributed by atoms with van der Waals surface area (Å²) < 4.78 is 10.4. The Morgan fingerprint density at radius 3 is 1.82 bits per heavy atom. The van der Waals surface area contributed by atoms with Gasteiger partial charge in [-0.1, -0.05) is 72.8 Å². The maximum atomic E-state index is 12.8. The summed E-state index contributed by atoms with van der Waals surface area (Å²) in [5, 5.41) is 16.8. The summed E-state index contributed by atoms with van der Waals surface area (Å²) in [6.45, 7) is -0.724. The van der Waals surface area contributed by atoms with Gasteiger partial charge in [0.05, 0.1) is 6.54 Å². The van der Waals surface area contributed by atoms with E-state index in [1.54, 1.807) is 24.3 Å². The van der Waals surface area contributed by atoms with E-state index in [0.29, 0.717) is 5.56 Å². The molecule has 0 radical (unpaired) electrons. The summed E-state index contributed by atoms with van der Waals surface area (Å²) in [6.07, 6.45) is -0.661. The molecular weight excluding hydrogens is 490 g/mol. The lowest BCUT2D eigenvalue weighted by atomic mass is 10.1. The van der Waals surface area contributed by atoms with E-state index in [-0.39, 0.29) is 25.4 Å². The quantitative estimate of drug-likeness (QED) is 0.269. The number of aromatic hydroxyl groups is 1. The van der Waals surface area contributed by atoms with Crippen LogP contribution in [-0.2, 0) is 43.5 Å². The summed E-state index contributed by atoms with van der Waals surface area (Å²) in [4.78, 5) is 49.1. The molecule has 0 saturated heterocycles. The topological polar surface area (TPSA) is 143 Å². The maximum Gasteiger partial charge on any atom is 0.407 e. The van der Waals surface area contributed by atoms with E-state index in [0.717, 1.165) is 11.1 Å². The predicted molar refractivity (Wildman–Crippen MR) is 138 cm³/mol. The standard InChI is InChI=1S/C28H29N3O7/c32-23-13-11-20(12-14-23)15-24(27(35)37-18-21-7-3-1-4-8-21)31-26(34)17-29-25(33)16-30-28(36)38-19-22-9-5-2-6-10-22/h1-14,24,32H,15-19H2,(H,29,33)(H,30,36)(H,31,34)/t24-/m1/s1. The van der Waals surface area contributed by atoms with Crippen molar-refractivity contribution in [3.05, 3.63) is 102 Å². The van der Waals surface area contributed by atoms with Crippen LogP contribution in [0.1, 0.15) is 16.7 Å². The SMILES string of the molecule is O=C(CNC(=O)OCc1ccccc1)NCC(=O)N[C@H](Cc1ccc(O)cc1)C(=O)OCc1ccccc1. The van der Waals surface area contributed by atoms with Crippen LogP contribution >= 0.6 is 0 Å². The summed E-state index contributed by atoms with van der Waals surface area (Å²) in [6, 6.07) is 23.3. The second-order valence-corrected chi connectivity index (χ2v) is 8.28. The highest BCUT2D eigenvalue weighted by molar-refractivity contribution is 5.89. The number of benzene rings is 3. The minimum atomic E-state index is -1.03. The number of ether oxygens (including phenoxy) is 2. The number of hydrogen-bond donors (Lipinski definition) is 4. The molecule has 3 rings (SSSR count). The van der Waals surface area contributed by atoms with Gasteiger partial charge in [-0.15, -0.1) is 0 Å². The molecule has 0 aliphatic carbocycles. The van der Waals surface area contributed by atoms with Crippen LogP contribution in [0.5, 0.6) is 5.75 Å². The number of esters is 1. The molecule has 0 unspecified atom stereocenters. The van der Waals surface area contributed by atoms with Gasteiger partial charge < -0.3 is 30.5 Å². The lowest BCUT2D eigenvalue weighted by molar-refractivity contribution is -0.149. The Morgan fingerprint density at radius 2 is 1.21 bits per heavy atom. The van der Waals surface area contributed by atoms with Crippen molar-refractivity contribution < 1.29 is 33.8 Å². The van der Waals surface area contributed by atoms with E-state index in [4.69, 9.17) is 9.47 Å². The highest BCUT2D eigenvalue weighted by Gasteiger charge is 2.23. The van der Waals surface area contributed by atoms with E-state index in [2.05, 4.69) is 16.0 Å². The Bertz CT molecular complexity index is 1200. The van der Waals surface area contributed by atoms with Crippen molar-refractivity contribution in [2.45, 2.75) is 25.7 Å². The second kappa shape index (κ2) is 14.6. The Hall–Kier alpha value is -4.86. The van der Waals surface area contributed by atoms with Gasteiger partial charge in [-0.25, -0.2) is 9.59 Å². The van der Waals surface area contributed by atoms with Crippen LogP contribution in [0.15, 0.2) is 84.9 Å². The molecule has 10 nitrogen and oxygen atoms in total. The minimum absolute atomic E-state index is 0.0321. The fourth-order valence-corrected chi connectivity index (χ4v) is 3.30. The molecule has 0 heterocycles. The third-order valence-electron chi connectivity index (χ3n) is 5.27. The Balaban J connectivity index is 1.45. The van der Waals surface area contributed by atoms with E-state index >= 15 is 0 Å². The summed E-state index contributed by atoms with van der Waals surface area (Å²) in [5.41, 5.74) is 2.28. The van der Waals surface area contributed by atoms with Gasteiger partial charge in [-0.2, -0.15) is 0 Å². The molecule has 0 bridgehead atoms. The Labute approximate surface area is 220 Å². The highest BCUT2D eigenvalue weighted by Crippen LogP contribution is 2.12. The lowest BCUT2D eigenvalue weighted by Gasteiger charge is -2.18. The van der Waals surface area contributed by atoms with E-state index in [9.17, 15) is 24.3 Å². The van der Waals surface area contributed by atoms with Gasteiger partial charge in [0.1, 0.15) is 31.5 Å². The first-order valence-corrected chi connectivity index (χ1v) is 11.9. The zero-order chi connectivity index (χ0) is 27.2. The molecule has 0 saturated carbocycles. The number of carbonyl (C=O) groups excluding carboxylic acids is 4. The first-order chi connectivity index (χ1) is 18.4. The van der Waals surface area contributed by atoms with Gasteiger partial charge in [0, 0.05) is 6.42 Å². The van der Waals surface area contributed by atoms with Crippen LogP contribution in [-0.4, -0.2) is 48.1 Å². The van der Waals surface area contributed by atoms with Gasteiger partial charge in [-0.3, -0.25) is 9.59 Å². The van der Waals surface area contributed by atoms with Crippen LogP contribution < -0.4 is 16.0 Å². The van der Waals surface area contributed by atoms with Crippen molar-refractivity contribution in [3.63, 3.8) is 0 Å². The van der Waals surface area contributed by atoms with Gasteiger partial charge in [0.2, 0.25) is 11.8 Å². The van der Waals surface area contributed by atoms with Gasteiger partial charge in [0.25, 0.3) is 0 Å². The molecule has 3 amide bonds. The molecule has 0 aliphatic heterocycles. The van der Waals surface area contributed by atoms with Crippen molar-refractivity contribution in [2.75, 3.05) is 13.1 Å². The number of hydrogen-bond acceptors (Lipinski definition) is 7. The largest absolute Gasteiger partial charge is 0.508 e. The first kappa shape index (κ1) is 27.7. The number of rotatable bonds is 12. The number of carbonyl (C=O) groups is 4. The summed E-state index contributed by atoms with van der Waals surface area (Å²) in [5.74, 6) is -1.81. The smallest absolute Gasteiger partial charge is 0.407 e. The van der Waals surface area contributed by atoms with E-state index in [1.807, 2.05) is 48.5 Å². The molecule has 38 heavy (non-hydrogen) atoms. The van der Waals surface area contributed by atoms with Crippen molar-refractivity contribution in [3.8, 4) is 5.75 Å². The summed E-state index contributed by atoms with van der Waals surface area (Å²) in [7, 11) is 0. The number of amides is 3. The van der Waals surface area contributed by atoms with Gasteiger partial charge in [0.15, 0.2) is 0 Å². The molecule has 4 N–H and O–H groups in total. The van der Waals surface area contributed by atoms with Crippen LogP contribution in [0.4, 0.5) is 4.79 Å². The molecule has 0 spiro atoms. The molecule has 0 aliphatic rings. The van der Waals surface area contributed by atoms with Crippen LogP contribution in [0.3, 0.4) is 0 Å². The molecule has 0 fully saturated rings. The number of phenolic OH excluding ortho intramolecular Hbond substituents is 1. The average Bonchev–Trinajstić information content (AvgIpc) is 2.94. The van der Waals surface area contributed by atoms with Crippen molar-refractivity contribution in [1.29, 1.82) is 0 Å². The number of phenols is 1. The number of alkyl carbamates (subject to hydrolysis) is 1. The number of nitrogens with one attached hydrogen (secondary N) is 3. The van der Waals surface area contributed by atoms with Crippen molar-refractivity contribution >= 4 is 23.9 Å². The Morgan fingerprint density at radius 1 is 0.658 bits per heavy atom. The fraction of sp³-hybridized carbons (Fsp3) is 0.214. The molecule has 3 aromatic rings. The third-order valence-corrected chi connectivity index (χ3v) is 5.27. The zero-order valence-electron chi connectivity index (χ0n) is 20.6. The van der Waals surface area contributed by atoms with Gasteiger partial charge >= 0.3 is 12.1 Å². The van der Waals surface area contributed by atoms with Gasteiger partial charge in [-0.05, 0) is 28.8 Å². The zero-order valence-corrected chi connectivity index (χ0v) is 20.6. The predicted octanol–water partition coefficient (Wildman–Crippen LogP) is 2.21.